The summed E-state index contributed by atoms with van der Waals surface area (Å²) in [6, 6.07) is 9.07. The minimum absolute atomic E-state index is 0.00500. The van der Waals surface area contributed by atoms with Gasteiger partial charge in [0.2, 0.25) is 0 Å². The average Bonchev–Trinajstić information content (AvgIpc) is 3.45. The number of hydrogen-bond donors (Lipinski definition) is 2. The molecular formula is C26H27F2N7O2. The summed E-state index contributed by atoms with van der Waals surface area (Å²) in [7, 11) is 0. The van der Waals surface area contributed by atoms with Crippen LogP contribution in [0, 0.1) is 17.6 Å². The van der Waals surface area contributed by atoms with Crippen molar-refractivity contribution in [2.24, 2.45) is 11.7 Å². The normalized spacial score (nSPS) is 15.6. The van der Waals surface area contributed by atoms with Crippen LogP contribution in [-0.4, -0.2) is 44.6 Å². The molecule has 0 bridgehead atoms. The van der Waals surface area contributed by atoms with E-state index in [1.54, 1.807) is 6.07 Å². The van der Waals surface area contributed by atoms with Crippen molar-refractivity contribution in [2.75, 3.05) is 23.3 Å². The first-order valence-electron chi connectivity index (χ1n) is 12.1. The van der Waals surface area contributed by atoms with Gasteiger partial charge in [0.05, 0.1) is 16.9 Å². The second-order valence-corrected chi connectivity index (χ2v) is 9.63. The van der Waals surface area contributed by atoms with Crippen molar-refractivity contribution >= 4 is 28.2 Å². The van der Waals surface area contributed by atoms with Crippen LogP contribution in [0.25, 0.3) is 16.6 Å². The number of amides is 1. The van der Waals surface area contributed by atoms with Crippen molar-refractivity contribution in [3.63, 3.8) is 0 Å². The second-order valence-electron chi connectivity index (χ2n) is 9.63. The Morgan fingerprint density at radius 2 is 1.86 bits per heavy atom. The Hall–Kier alpha value is -4.12. The summed E-state index contributed by atoms with van der Waals surface area (Å²) in [5.41, 5.74) is 6.68. The van der Waals surface area contributed by atoms with E-state index in [1.807, 2.05) is 16.9 Å². The largest absolute Gasteiger partial charge is 0.368 e. The van der Waals surface area contributed by atoms with Crippen LogP contribution in [0.5, 0.6) is 0 Å². The predicted octanol–water partition coefficient (Wildman–Crippen LogP) is 3.31. The van der Waals surface area contributed by atoms with Crippen molar-refractivity contribution in [1.29, 1.82) is 0 Å². The molecule has 0 unspecified atom stereocenters. The lowest BCUT2D eigenvalue weighted by molar-refractivity contribution is 0.102. The number of rotatable bonds is 6. The average molecular weight is 508 g/mol. The summed E-state index contributed by atoms with van der Waals surface area (Å²) in [6.07, 6.45) is 2.77. The van der Waals surface area contributed by atoms with Crippen LogP contribution in [-0.2, 0) is 6.54 Å². The molecule has 2 aromatic heterocycles. The molecule has 0 spiro atoms. The quantitative estimate of drug-likeness (QED) is 0.414. The zero-order chi connectivity index (χ0) is 26.3. The van der Waals surface area contributed by atoms with Gasteiger partial charge < -0.3 is 16.0 Å². The summed E-state index contributed by atoms with van der Waals surface area (Å²) < 4.78 is 31.1. The smallest absolute Gasteiger partial charge is 0.276 e. The second kappa shape index (κ2) is 9.74. The maximum absolute atomic E-state index is 14.3. The number of fused-ring (bicyclic) bond motifs is 1. The third-order valence-corrected chi connectivity index (χ3v) is 6.23. The Bertz CT molecular complexity index is 1530. The van der Waals surface area contributed by atoms with Gasteiger partial charge in [0.1, 0.15) is 11.4 Å². The van der Waals surface area contributed by atoms with Gasteiger partial charge in [-0.3, -0.25) is 14.3 Å². The summed E-state index contributed by atoms with van der Waals surface area (Å²) in [5, 5.41) is 12.4. The third kappa shape index (κ3) is 4.82. The van der Waals surface area contributed by atoms with Gasteiger partial charge in [-0.1, -0.05) is 19.9 Å². The molecule has 0 aliphatic carbocycles. The molecule has 3 N–H and O–H groups in total. The Balaban J connectivity index is 1.54. The zero-order valence-corrected chi connectivity index (χ0v) is 20.5. The number of nitrogens with one attached hydrogen (secondary N) is 1. The van der Waals surface area contributed by atoms with Crippen LogP contribution < -0.4 is 21.5 Å². The molecule has 5 rings (SSSR count). The number of nitrogens with two attached hydrogens (primary N) is 1. The molecule has 1 amide bonds. The van der Waals surface area contributed by atoms with Crippen molar-refractivity contribution in [3.05, 3.63) is 76.3 Å². The first-order chi connectivity index (χ1) is 17.7. The molecule has 0 radical (unpaired) electrons. The first kappa shape index (κ1) is 24.6. The predicted molar refractivity (Wildman–Crippen MR) is 137 cm³/mol. The lowest BCUT2D eigenvalue weighted by Gasteiger charge is -2.23. The molecule has 1 aliphatic heterocycles. The highest BCUT2D eigenvalue weighted by Crippen LogP contribution is 2.36. The summed E-state index contributed by atoms with van der Waals surface area (Å²) in [5.74, 6) is -2.17. The SMILES string of the molecule is CC(C)Cn1cc2c(N3CC[C@@H](N)C3)c(NC(=O)c3ccc(=O)n(-c4c(F)cccc4F)n3)ccc2n1. The molecule has 1 saturated heterocycles. The number of benzene rings is 2. The van der Waals surface area contributed by atoms with Crippen molar-refractivity contribution in [3.8, 4) is 5.69 Å². The van der Waals surface area contributed by atoms with E-state index in [4.69, 9.17) is 5.73 Å². The van der Waals surface area contributed by atoms with Gasteiger partial charge in [-0.25, -0.2) is 8.78 Å². The Morgan fingerprint density at radius 1 is 1.11 bits per heavy atom. The Morgan fingerprint density at radius 3 is 2.54 bits per heavy atom. The molecule has 1 aliphatic rings. The maximum atomic E-state index is 14.3. The van der Waals surface area contributed by atoms with E-state index in [1.165, 1.54) is 12.1 Å². The molecule has 3 heterocycles. The number of carbonyl (C=O) groups is 1. The summed E-state index contributed by atoms with van der Waals surface area (Å²) >= 11 is 0. The van der Waals surface area contributed by atoms with Gasteiger partial charge in [-0.15, -0.1) is 0 Å². The van der Waals surface area contributed by atoms with Gasteiger partial charge in [-0.2, -0.15) is 14.9 Å². The van der Waals surface area contributed by atoms with E-state index >= 15 is 0 Å². The number of anilines is 2. The standard InChI is InChI=1S/C26H27F2N7O2/c1-15(2)12-34-14-17-20(31-34)6-7-21(24(17)33-11-10-16(29)13-33)30-26(37)22-8-9-23(36)35(32-22)25-18(27)4-3-5-19(25)28/h3-9,14-16H,10-13,29H2,1-2H3,(H,30,37)/t16-/m1/s1. The lowest BCUT2D eigenvalue weighted by Crippen LogP contribution is -2.28. The maximum Gasteiger partial charge on any atom is 0.276 e. The molecule has 11 heteroatoms. The van der Waals surface area contributed by atoms with Crippen molar-refractivity contribution < 1.29 is 13.6 Å². The topological polar surface area (TPSA) is 111 Å². The van der Waals surface area contributed by atoms with E-state index < -0.39 is 28.8 Å². The molecule has 1 atom stereocenters. The third-order valence-electron chi connectivity index (χ3n) is 6.23. The lowest BCUT2D eigenvalue weighted by atomic mass is 10.1. The number of halogens is 2. The molecule has 192 valence electrons. The fraction of sp³-hybridized carbons (Fsp3) is 0.308. The van der Waals surface area contributed by atoms with Crippen LogP contribution >= 0.6 is 0 Å². The highest BCUT2D eigenvalue weighted by atomic mass is 19.1. The van der Waals surface area contributed by atoms with E-state index in [0.29, 0.717) is 29.4 Å². The number of nitrogens with zero attached hydrogens (tertiary/aromatic N) is 5. The molecule has 1 fully saturated rings. The van der Waals surface area contributed by atoms with Crippen LogP contribution in [0.4, 0.5) is 20.2 Å². The first-order valence-corrected chi connectivity index (χ1v) is 12.1. The van der Waals surface area contributed by atoms with Gasteiger partial charge in [0.15, 0.2) is 11.6 Å². The summed E-state index contributed by atoms with van der Waals surface area (Å²) in [4.78, 5) is 27.7. The molecular weight excluding hydrogens is 480 g/mol. The van der Waals surface area contributed by atoms with Crippen LogP contribution in [0.3, 0.4) is 0 Å². The highest BCUT2D eigenvalue weighted by molar-refractivity contribution is 6.08. The minimum atomic E-state index is -0.969. The number of hydrogen-bond acceptors (Lipinski definition) is 6. The monoisotopic (exact) mass is 507 g/mol. The van der Waals surface area contributed by atoms with Gasteiger partial charge in [0.25, 0.3) is 11.5 Å². The number of aromatic nitrogens is 4. The molecule has 9 nitrogen and oxygen atoms in total. The molecule has 2 aromatic carbocycles. The summed E-state index contributed by atoms with van der Waals surface area (Å²) in [6.45, 7) is 6.30. The Kier molecular flexibility index (Phi) is 6.46. The minimum Gasteiger partial charge on any atom is -0.368 e. The van der Waals surface area contributed by atoms with Gasteiger partial charge in [-0.05, 0) is 42.7 Å². The molecule has 4 aromatic rings. The van der Waals surface area contributed by atoms with E-state index in [9.17, 15) is 18.4 Å². The molecule has 0 saturated carbocycles. The van der Waals surface area contributed by atoms with Crippen LogP contribution in [0.2, 0.25) is 0 Å². The Labute approximate surface area is 211 Å². The fourth-order valence-electron chi connectivity index (χ4n) is 4.60. The van der Waals surface area contributed by atoms with Gasteiger partial charge >= 0.3 is 0 Å². The molecule has 37 heavy (non-hydrogen) atoms. The number of para-hydroxylation sites is 1. The number of carbonyl (C=O) groups excluding carboxylic acids is 1. The van der Waals surface area contributed by atoms with E-state index in [2.05, 4.69) is 34.3 Å². The van der Waals surface area contributed by atoms with Crippen LogP contribution in [0.1, 0.15) is 30.8 Å². The fourth-order valence-corrected chi connectivity index (χ4v) is 4.60. The van der Waals surface area contributed by atoms with Crippen molar-refractivity contribution in [2.45, 2.75) is 32.9 Å². The van der Waals surface area contributed by atoms with Crippen molar-refractivity contribution in [1.82, 2.24) is 19.6 Å². The van der Waals surface area contributed by atoms with Crippen LogP contribution in [0.15, 0.2) is 53.5 Å². The highest BCUT2D eigenvalue weighted by Gasteiger charge is 2.26. The van der Waals surface area contributed by atoms with E-state index in [-0.39, 0.29) is 11.7 Å². The zero-order valence-electron chi connectivity index (χ0n) is 20.5. The van der Waals surface area contributed by atoms with Gasteiger partial charge in [0, 0.05) is 43.3 Å². The van der Waals surface area contributed by atoms with E-state index in [0.717, 1.165) is 47.8 Å².